The minimum absolute atomic E-state index is 0.0661. The molecule has 0 aliphatic rings. The van der Waals surface area contributed by atoms with Crippen LogP contribution >= 0.6 is 7.82 Å². The van der Waals surface area contributed by atoms with Crippen LogP contribution in [0, 0.1) is 0 Å². The molecule has 0 radical (unpaired) electrons. The van der Waals surface area contributed by atoms with Crippen LogP contribution in [0.2, 0.25) is 0 Å². The Morgan fingerprint density at radius 3 is 1.36 bits per heavy atom. The molecule has 2 atom stereocenters. The number of hydrogen-bond acceptors (Lipinski definition) is 6. The summed E-state index contributed by atoms with van der Waals surface area (Å²) < 4.78 is 34.9. The molecule has 0 saturated carbocycles. The topological polar surface area (TPSA) is 91.3 Å². The largest absolute Gasteiger partial charge is 0.472 e. The number of rotatable bonds is 39. The van der Waals surface area contributed by atoms with Crippen LogP contribution in [0.5, 0.6) is 0 Å². The normalized spacial score (nSPS) is 14.9. The molecule has 2 unspecified atom stereocenters. The summed E-state index contributed by atoms with van der Waals surface area (Å²) in [6, 6.07) is 0. The number of unbranched alkanes of at least 4 members (excludes halogenated alkanes) is 5. The van der Waals surface area contributed by atoms with E-state index in [4.69, 9.17) is 18.5 Å². The molecule has 0 spiro atoms. The van der Waals surface area contributed by atoms with Crippen LogP contribution in [0.25, 0.3) is 0 Å². The average molecular weight is 841 g/mol. The first kappa shape index (κ1) is 55.9. The van der Waals surface area contributed by atoms with Crippen molar-refractivity contribution in [1.29, 1.82) is 0 Å². The summed E-state index contributed by atoms with van der Waals surface area (Å²) in [5.41, 5.74) is 0. The minimum Gasteiger partial charge on any atom is -0.457 e. The number of nitrogens with zero attached hydrogens (tertiary/aromatic N) is 1. The maximum absolute atomic E-state index is 12.7. The van der Waals surface area contributed by atoms with Crippen molar-refractivity contribution < 1.29 is 37.3 Å². The molecule has 0 saturated heterocycles. The van der Waals surface area contributed by atoms with E-state index in [1.807, 2.05) is 21.1 Å². The zero-order chi connectivity index (χ0) is 43.4. The van der Waals surface area contributed by atoms with Crippen molar-refractivity contribution in [1.82, 2.24) is 0 Å². The van der Waals surface area contributed by atoms with Gasteiger partial charge >= 0.3 is 13.8 Å². The Balaban J connectivity index is 4.36. The van der Waals surface area contributed by atoms with Crippen LogP contribution in [0.3, 0.4) is 0 Å². The van der Waals surface area contributed by atoms with Crippen molar-refractivity contribution >= 4 is 13.8 Å². The van der Waals surface area contributed by atoms with Crippen LogP contribution in [-0.4, -0.2) is 75.6 Å². The van der Waals surface area contributed by atoms with Crippen LogP contribution in [0.1, 0.15) is 129 Å². The highest BCUT2D eigenvalue weighted by Crippen LogP contribution is 2.43. The smallest absolute Gasteiger partial charge is 0.457 e. The highest BCUT2D eigenvalue weighted by Gasteiger charge is 2.26. The highest BCUT2D eigenvalue weighted by atomic mass is 31.2. The van der Waals surface area contributed by atoms with E-state index < -0.39 is 13.9 Å². The van der Waals surface area contributed by atoms with E-state index in [9.17, 15) is 14.3 Å². The lowest BCUT2D eigenvalue weighted by atomic mass is 10.1. The molecular weight excluding hydrogens is 758 g/mol. The molecule has 0 aromatic heterocycles. The second-order valence-electron chi connectivity index (χ2n) is 15.3. The average Bonchev–Trinajstić information content (AvgIpc) is 3.19. The molecule has 0 amide bonds. The fraction of sp³-hybridized carbons (Fsp3) is 0.580. The molecule has 9 heteroatoms. The van der Waals surface area contributed by atoms with Crippen LogP contribution in [0.4, 0.5) is 0 Å². The zero-order valence-corrected chi connectivity index (χ0v) is 38.6. The predicted molar refractivity (Wildman–Crippen MR) is 251 cm³/mol. The van der Waals surface area contributed by atoms with Gasteiger partial charge in [0.25, 0.3) is 0 Å². The number of quaternary nitrogens is 1. The van der Waals surface area contributed by atoms with Gasteiger partial charge in [0.15, 0.2) is 0 Å². The molecule has 8 nitrogen and oxygen atoms in total. The van der Waals surface area contributed by atoms with Gasteiger partial charge in [-0.1, -0.05) is 142 Å². The lowest BCUT2D eigenvalue weighted by molar-refractivity contribution is -0.870. The molecular formula is C50H83NO7P+. The summed E-state index contributed by atoms with van der Waals surface area (Å²) in [5, 5.41) is 0. The zero-order valence-electron chi connectivity index (χ0n) is 37.7. The molecule has 0 aromatic carbocycles. The Morgan fingerprint density at radius 1 is 0.525 bits per heavy atom. The van der Waals surface area contributed by atoms with Gasteiger partial charge in [-0.25, -0.2) is 4.57 Å². The third-order valence-corrected chi connectivity index (χ3v) is 9.50. The Hall–Kier alpha value is -3.10. The van der Waals surface area contributed by atoms with E-state index in [1.165, 1.54) is 0 Å². The van der Waals surface area contributed by atoms with Gasteiger partial charge in [0.1, 0.15) is 19.3 Å². The van der Waals surface area contributed by atoms with Crippen molar-refractivity contribution in [3.8, 4) is 0 Å². The van der Waals surface area contributed by atoms with E-state index in [-0.39, 0.29) is 32.2 Å². The van der Waals surface area contributed by atoms with Gasteiger partial charge in [-0.2, -0.15) is 0 Å². The molecule has 0 rings (SSSR count). The number of ether oxygens (including phenoxy) is 2. The van der Waals surface area contributed by atoms with Gasteiger partial charge in [0.2, 0.25) is 0 Å². The summed E-state index contributed by atoms with van der Waals surface area (Å²) in [6.07, 6.45) is 59.7. The second-order valence-corrected chi connectivity index (χ2v) is 16.8. The van der Waals surface area contributed by atoms with Gasteiger partial charge in [-0.05, 0) is 103 Å². The minimum atomic E-state index is -4.30. The quantitative estimate of drug-likeness (QED) is 0.0217. The maximum Gasteiger partial charge on any atom is 0.472 e. The fourth-order valence-corrected chi connectivity index (χ4v) is 5.87. The Bertz CT molecular complexity index is 1350. The number of carbonyl (C=O) groups is 1. The van der Waals surface area contributed by atoms with Crippen molar-refractivity contribution in [3.63, 3.8) is 0 Å². The maximum atomic E-state index is 12.7. The third kappa shape index (κ3) is 45.8. The van der Waals surface area contributed by atoms with E-state index in [0.717, 1.165) is 103 Å². The van der Waals surface area contributed by atoms with Crippen molar-refractivity contribution in [2.24, 2.45) is 0 Å². The molecule has 334 valence electrons. The molecule has 0 bridgehead atoms. The fourth-order valence-electron chi connectivity index (χ4n) is 5.13. The van der Waals surface area contributed by atoms with Crippen molar-refractivity contribution in [3.05, 3.63) is 122 Å². The third-order valence-electron chi connectivity index (χ3n) is 8.52. The Labute approximate surface area is 361 Å². The molecule has 0 aliphatic carbocycles. The van der Waals surface area contributed by atoms with Crippen molar-refractivity contribution in [2.45, 2.75) is 136 Å². The number of phosphoric ester groups is 1. The number of likely N-dealkylation sites (N-methyl/N-ethyl adjacent to an activating group) is 1. The van der Waals surface area contributed by atoms with Crippen LogP contribution in [-0.2, 0) is 27.9 Å². The molecule has 1 N–H and O–H groups in total. The van der Waals surface area contributed by atoms with E-state index >= 15 is 0 Å². The molecule has 0 aromatic rings. The summed E-state index contributed by atoms with van der Waals surface area (Å²) in [6.45, 7) is 5.18. The van der Waals surface area contributed by atoms with Crippen LogP contribution < -0.4 is 0 Å². The van der Waals surface area contributed by atoms with Crippen molar-refractivity contribution in [2.75, 3.05) is 54.1 Å². The number of allylic oxidation sites excluding steroid dienone is 20. The number of esters is 1. The number of phosphoric acid groups is 1. The first-order valence-electron chi connectivity index (χ1n) is 22.3. The lowest BCUT2D eigenvalue weighted by Gasteiger charge is -2.24. The molecule has 59 heavy (non-hydrogen) atoms. The second kappa shape index (κ2) is 41.6. The lowest BCUT2D eigenvalue weighted by Crippen LogP contribution is -2.37. The molecule has 0 fully saturated rings. The first-order valence-corrected chi connectivity index (χ1v) is 23.8. The Morgan fingerprint density at radius 2 is 0.932 bits per heavy atom. The molecule has 0 aliphatic heterocycles. The molecule has 0 heterocycles. The summed E-state index contributed by atoms with van der Waals surface area (Å²) in [4.78, 5) is 22.9. The van der Waals surface area contributed by atoms with Gasteiger partial charge in [-0.15, -0.1) is 0 Å². The Kier molecular flexibility index (Phi) is 39.4. The van der Waals surface area contributed by atoms with Gasteiger partial charge < -0.3 is 18.9 Å². The van der Waals surface area contributed by atoms with Gasteiger partial charge in [0.05, 0.1) is 34.4 Å². The van der Waals surface area contributed by atoms with E-state index in [0.29, 0.717) is 24.1 Å². The van der Waals surface area contributed by atoms with E-state index in [2.05, 4.69) is 135 Å². The predicted octanol–water partition coefficient (Wildman–Crippen LogP) is 13.4. The highest BCUT2D eigenvalue weighted by molar-refractivity contribution is 7.47. The summed E-state index contributed by atoms with van der Waals surface area (Å²) in [5.74, 6) is -0.365. The number of carbonyl (C=O) groups excluding carboxylic acids is 1. The summed E-state index contributed by atoms with van der Waals surface area (Å²) >= 11 is 0. The van der Waals surface area contributed by atoms with Crippen LogP contribution in [0.15, 0.2) is 122 Å². The first-order chi connectivity index (χ1) is 28.6. The summed E-state index contributed by atoms with van der Waals surface area (Å²) in [7, 11) is 1.59. The van der Waals surface area contributed by atoms with E-state index in [1.54, 1.807) is 0 Å². The standard InChI is InChI=1S/C50H82NO7P/c1-6-8-10-12-14-16-18-20-21-22-23-24-25-26-27-28-29-30-32-34-36-38-40-42-45-55-47-49(48-57-59(53,54)56-46-44-51(3,4)5)58-50(52)43-41-39-37-35-33-31-19-17-15-13-11-9-7-2/h8-11,14-17,20-21,23-24,26-27,29-31,33-34,36,49H,6-7,12-13,18-19,22,25,28,32,35,37-48H2,1-5H3/p+1/b10-8-,11-9-,16-14-,17-15-,21-20-,24-23-,27-26-,30-29-,33-31-,36-34-. The number of hydrogen-bond donors (Lipinski definition) is 1. The van der Waals surface area contributed by atoms with Gasteiger partial charge in [-0.3, -0.25) is 13.8 Å². The van der Waals surface area contributed by atoms with Gasteiger partial charge in [0, 0.05) is 13.0 Å². The SMILES string of the molecule is CC/C=C\C/C=C\C/C=C\C/C=C\C/C=C\C/C=C\C/C=C\CCCCOCC(COP(=O)(O)OCC[N+](C)(C)C)OC(=O)CCCCC/C=C\C/C=C\C/C=C\CC. The monoisotopic (exact) mass is 841 g/mol.